The molecule has 0 spiro atoms. The van der Waals surface area contributed by atoms with Gasteiger partial charge in [0, 0.05) is 33.8 Å². The largest absolute Gasteiger partial charge is 0.244 e. The van der Waals surface area contributed by atoms with Crippen molar-refractivity contribution in [3.05, 3.63) is 15.8 Å². The first-order chi connectivity index (χ1) is 8.98. The number of thioether (sulfide) groups is 1. The van der Waals surface area contributed by atoms with Crippen LogP contribution in [-0.4, -0.2) is 36.8 Å². The molecule has 2 rings (SSSR count). The number of hydrogen-bond acceptors (Lipinski definition) is 4. The van der Waals surface area contributed by atoms with E-state index < -0.39 is 10.0 Å². The molecule has 0 aromatic carbocycles. The molecule has 1 aliphatic heterocycles. The number of hydrogen-bond donors (Lipinski definition) is 0. The molecule has 19 heavy (non-hydrogen) atoms. The molecule has 0 amide bonds. The van der Waals surface area contributed by atoms with Gasteiger partial charge >= 0.3 is 0 Å². The van der Waals surface area contributed by atoms with Gasteiger partial charge in [0.2, 0.25) is 10.0 Å². The Morgan fingerprint density at radius 1 is 1.53 bits per heavy atom. The normalized spacial score (nSPS) is 21.7. The minimum atomic E-state index is -3.35. The highest BCUT2D eigenvalue weighted by Crippen LogP contribution is 2.31. The predicted octanol–water partition coefficient (Wildman–Crippen LogP) is 3.31. The molecule has 3 nitrogen and oxygen atoms in total. The highest BCUT2D eigenvalue weighted by Gasteiger charge is 2.31. The Bertz CT molecular complexity index is 541. The van der Waals surface area contributed by atoms with E-state index >= 15 is 0 Å². The topological polar surface area (TPSA) is 37.4 Å². The summed E-state index contributed by atoms with van der Waals surface area (Å²) in [7, 11) is -3.35. The minimum absolute atomic E-state index is 0.370. The molecule has 0 radical (unpaired) electrons. The molecule has 1 aliphatic rings. The molecular weight excluding hydrogens is 322 g/mol. The first kappa shape index (κ1) is 15.6. The Hall–Kier alpha value is 0.250. The lowest BCUT2D eigenvalue weighted by Crippen LogP contribution is -2.41. The van der Waals surface area contributed by atoms with E-state index in [0.717, 1.165) is 21.9 Å². The highest BCUT2D eigenvalue weighted by molar-refractivity contribution is 8.00. The van der Waals surface area contributed by atoms with Crippen molar-refractivity contribution in [3.63, 3.8) is 0 Å². The summed E-state index contributed by atoms with van der Waals surface area (Å²) in [5.74, 6) is 1.25. The summed E-state index contributed by atoms with van der Waals surface area (Å²) < 4.78 is 27.0. The van der Waals surface area contributed by atoms with Gasteiger partial charge < -0.3 is 0 Å². The fraction of sp³-hybridized carbons (Fsp3) is 0.667. The first-order valence-electron chi connectivity index (χ1n) is 6.26. The van der Waals surface area contributed by atoms with E-state index in [1.54, 1.807) is 10.4 Å². The van der Waals surface area contributed by atoms with Gasteiger partial charge in [0.25, 0.3) is 0 Å². The van der Waals surface area contributed by atoms with Crippen molar-refractivity contribution in [2.75, 3.05) is 18.8 Å². The predicted molar refractivity (Wildman–Crippen MR) is 83.9 cm³/mol. The maximum atomic E-state index is 12.7. The Morgan fingerprint density at radius 3 is 2.84 bits per heavy atom. The number of alkyl halides is 1. The van der Waals surface area contributed by atoms with Gasteiger partial charge in [-0.1, -0.05) is 6.92 Å². The van der Waals surface area contributed by atoms with Gasteiger partial charge in [0.05, 0.1) is 10.8 Å². The van der Waals surface area contributed by atoms with Crippen LogP contribution in [0, 0.1) is 6.92 Å². The second-order valence-corrected chi connectivity index (χ2v) is 9.45. The van der Waals surface area contributed by atoms with Crippen LogP contribution in [0.5, 0.6) is 0 Å². The zero-order chi connectivity index (χ0) is 14.0. The van der Waals surface area contributed by atoms with Crippen molar-refractivity contribution < 1.29 is 8.42 Å². The van der Waals surface area contributed by atoms with Gasteiger partial charge in [-0.05, 0) is 19.4 Å². The van der Waals surface area contributed by atoms with Gasteiger partial charge in [-0.2, -0.15) is 16.1 Å². The summed E-state index contributed by atoms with van der Waals surface area (Å²) in [6, 6.07) is 1.73. The number of nitrogens with zero attached hydrogens (tertiary/aromatic N) is 1. The molecule has 1 saturated heterocycles. The molecule has 1 atom stereocenters. The molecule has 0 aliphatic carbocycles. The lowest BCUT2D eigenvalue weighted by Gasteiger charge is -2.31. The van der Waals surface area contributed by atoms with Gasteiger partial charge in [0.15, 0.2) is 0 Å². The van der Waals surface area contributed by atoms with Crippen LogP contribution in [0.4, 0.5) is 0 Å². The maximum Gasteiger partial charge on any atom is 0.244 e. The summed E-state index contributed by atoms with van der Waals surface area (Å²) in [6.45, 7) is 5.18. The minimum Gasteiger partial charge on any atom is -0.207 e. The van der Waals surface area contributed by atoms with Crippen molar-refractivity contribution in [1.82, 2.24) is 4.31 Å². The molecule has 0 bridgehead atoms. The molecule has 0 saturated carbocycles. The third-order valence-corrected chi connectivity index (χ3v) is 8.22. The van der Waals surface area contributed by atoms with Crippen molar-refractivity contribution in [3.8, 4) is 0 Å². The third-order valence-electron chi connectivity index (χ3n) is 3.23. The SMILES string of the molecule is CCC1CN(S(=O)(=O)c2cc(CCl)sc2C)CCS1. The molecule has 1 aromatic rings. The molecule has 2 heterocycles. The number of sulfonamides is 1. The molecule has 1 unspecified atom stereocenters. The fourth-order valence-corrected chi connectivity index (χ4v) is 6.71. The van der Waals surface area contributed by atoms with Crippen molar-refractivity contribution >= 4 is 44.7 Å². The van der Waals surface area contributed by atoms with Crippen molar-refractivity contribution in [2.45, 2.75) is 36.3 Å². The van der Waals surface area contributed by atoms with Crippen LogP contribution in [0.3, 0.4) is 0 Å². The number of halogens is 1. The lowest BCUT2D eigenvalue weighted by molar-refractivity contribution is 0.416. The zero-order valence-electron chi connectivity index (χ0n) is 11.1. The number of aryl methyl sites for hydroxylation is 1. The molecule has 1 aromatic heterocycles. The molecule has 108 valence electrons. The smallest absolute Gasteiger partial charge is 0.207 e. The van der Waals surface area contributed by atoms with Crippen LogP contribution in [0.25, 0.3) is 0 Å². The second kappa shape index (κ2) is 6.35. The Balaban J connectivity index is 2.28. The van der Waals surface area contributed by atoms with Crippen LogP contribution in [-0.2, 0) is 15.9 Å². The van der Waals surface area contributed by atoms with E-state index in [1.807, 2.05) is 18.7 Å². The molecule has 0 N–H and O–H groups in total. The Morgan fingerprint density at radius 2 is 2.26 bits per heavy atom. The average Bonchev–Trinajstić information content (AvgIpc) is 2.81. The van der Waals surface area contributed by atoms with Crippen LogP contribution in [0.15, 0.2) is 11.0 Å². The molecule has 7 heteroatoms. The highest BCUT2D eigenvalue weighted by atomic mass is 35.5. The quantitative estimate of drug-likeness (QED) is 0.790. The zero-order valence-corrected chi connectivity index (χ0v) is 14.3. The van der Waals surface area contributed by atoms with Crippen LogP contribution in [0.2, 0.25) is 0 Å². The summed E-state index contributed by atoms with van der Waals surface area (Å²) in [4.78, 5) is 2.19. The monoisotopic (exact) mass is 339 g/mol. The first-order valence-corrected chi connectivity index (χ1v) is 10.1. The van der Waals surface area contributed by atoms with Crippen molar-refractivity contribution in [1.29, 1.82) is 0 Å². The van der Waals surface area contributed by atoms with E-state index in [2.05, 4.69) is 6.92 Å². The van der Waals surface area contributed by atoms with E-state index in [-0.39, 0.29) is 0 Å². The van der Waals surface area contributed by atoms with Gasteiger partial charge in [-0.3, -0.25) is 0 Å². The second-order valence-electron chi connectivity index (χ2n) is 4.53. The van der Waals surface area contributed by atoms with Gasteiger partial charge in [-0.15, -0.1) is 22.9 Å². The summed E-state index contributed by atoms with van der Waals surface area (Å²) in [5, 5.41) is 0.412. The van der Waals surface area contributed by atoms with Crippen molar-refractivity contribution in [2.24, 2.45) is 0 Å². The van der Waals surface area contributed by atoms with E-state index in [1.165, 1.54) is 11.3 Å². The van der Waals surface area contributed by atoms with Crippen LogP contribution in [0.1, 0.15) is 23.1 Å². The van der Waals surface area contributed by atoms with E-state index in [9.17, 15) is 8.42 Å². The Kier molecular flexibility index (Phi) is 5.22. The number of rotatable bonds is 4. The maximum absolute atomic E-state index is 12.7. The van der Waals surface area contributed by atoms with Crippen LogP contribution < -0.4 is 0 Å². The van der Waals surface area contributed by atoms with E-state index in [4.69, 9.17) is 11.6 Å². The van der Waals surface area contributed by atoms with Gasteiger partial charge in [-0.25, -0.2) is 8.42 Å². The summed E-state index contributed by atoms with van der Waals surface area (Å²) in [6.07, 6.45) is 1.01. The summed E-state index contributed by atoms with van der Waals surface area (Å²) in [5.41, 5.74) is 0. The van der Waals surface area contributed by atoms with E-state index in [0.29, 0.717) is 29.1 Å². The van der Waals surface area contributed by atoms with Crippen LogP contribution >= 0.6 is 34.7 Å². The summed E-state index contributed by atoms with van der Waals surface area (Å²) >= 11 is 9.13. The average molecular weight is 340 g/mol. The molecular formula is C12H18ClNO2S3. The lowest BCUT2D eigenvalue weighted by atomic mass is 10.3. The van der Waals surface area contributed by atoms with Gasteiger partial charge in [0.1, 0.15) is 0 Å². The standard InChI is InChI=1S/C12H18ClNO2S3/c1-3-10-8-14(4-5-17-10)19(15,16)12-6-11(7-13)18-9(12)2/h6,10H,3-5,7-8H2,1-2H3. The third kappa shape index (κ3) is 3.29. The Labute approximate surface area is 128 Å². The molecule has 1 fully saturated rings. The fourth-order valence-electron chi connectivity index (χ4n) is 2.14. The number of thiophene rings is 1.